The second kappa shape index (κ2) is 31.2. The van der Waals surface area contributed by atoms with Crippen LogP contribution in [0.1, 0.15) is 97.1 Å². The van der Waals surface area contributed by atoms with Gasteiger partial charge in [-0.05, 0) is 124 Å². The summed E-state index contributed by atoms with van der Waals surface area (Å²) in [5.41, 5.74) is 9.78. The lowest BCUT2D eigenvalue weighted by molar-refractivity contribution is 0.613. The van der Waals surface area contributed by atoms with Gasteiger partial charge < -0.3 is 22.1 Å². The van der Waals surface area contributed by atoms with Crippen LogP contribution < -0.4 is 0 Å². The van der Waals surface area contributed by atoms with E-state index in [1.165, 1.54) is 0 Å². The minimum Gasteiger partial charge on any atom is -0.464 e. The number of halogens is 5. The summed E-state index contributed by atoms with van der Waals surface area (Å²) in [6.45, 7) is 29.9. The fourth-order valence-electron chi connectivity index (χ4n) is 5.74. The van der Waals surface area contributed by atoms with Crippen molar-refractivity contribution >= 4 is 113 Å². The molecular formula is C55H65Cl5O5. The second-order valence-electron chi connectivity index (χ2n) is 12.7. The maximum absolute atomic E-state index is 6.01. The van der Waals surface area contributed by atoms with E-state index in [2.05, 4.69) is 0 Å². The molecule has 0 bridgehead atoms. The summed E-state index contributed by atoms with van der Waals surface area (Å²) in [4.78, 5) is 0. The van der Waals surface area contributed by atoms with Gasteiger partial charge in [0.2, 0.25) is 0 Å². The molecule has 350 valence electrons. The number of fused-ring (bicyclic) bond motifs is 5. The highest BCUT2D eigenvalue weighted by Crippen LogP contribution is 2.29. The van der Waals surface area contributed by atoms with Crippen LogP contribution in [0, 0.1) is 34.6 Å². The quantitative estimate of drug-likeness (QED) is 0.151. The van der Waals surface area contributed by atoms with Crippen LogP contribution in [-0.2, 0) is 0 Å². The predicted molar refractivity (Wildman–Crippen MR) is 287 cm³/mol. The number of benzene rings is 5. The van der Waals surface area contributed by atoms with Crippen molar-refractivity contribution in [2.75, 3.05) is 0 Å². The zero-order chi connectivity index (χ0) is 49.2. The van der Waals surface area contributed by atoms with E-state index < -0.39 is 0 Å². The molecule has 5 heterocycles. The fourth-order valence-corrected chi connectivity index (χ4v) is 6.74. The lowest BCUT2D eigenvalue weighted by Gasteiger charge is -1.96. The molecule has 10 heteroatoms. The van der Waals surface area contributed by atoms with Crippen molar-refractivity contribution < 1.29 is 22.1 Å². The molecule has 0 amide bonds. The lowest BCUT2D eigenvalue weighted by Crippen LogP contribution is -1.74. The minimum atomic E-state index is 0.727. The highest BCUT2D eigenvalue weighted by Gasteiger charge is 2.06. The third-order valence-electron chi connectivity index (χ3n) is 8.80. The standard InChI is InChI=1S/5C9H7ClO.5C2H6/c1-6-4-7(10)5-9-8(6)2-3-11-9;1-6-4-7-2-3-11-9(7)5-8(6)10;1-6-8(10)3-2-7-4-5-11-9(6)7;1-6-2-3-8-7(9(6)10)4-5-11-8;1-6-2-3-8(10)7-4-5-11-9(6)7;5*1-2/h5*2-5H,1H3;5*1-2H3. The van der Waals surface area contributed by atoms with Crippen LogP contribution in [0.3, 0.4) is 0 Å². The fraction of sp³-hybridized carbons (Fsp3) is 0.273. The van der Waals surface area contributed by atoms with Crippen molar-refractivity contribution in [1.82, 2.24) is 0 Å². The van der Waals surface area contributed by atoms with Gasteiger partial charge in [0.1, 0.15) is 27.9 Å². The molecule has 0 radical (unpaired) electrons. The monoisotopic (exact) mass is 980 g/mol. The zero-order valence-electron chi connectivity index (χ0n) is 40.5. The van der Waals surface area contributed by atoms with Crippen molar-refractivity contribution in [3.63, 3.8) is 0 Å². The smallest absolute Gasteiger partial charge is 0.138 e. The Bertz CT molecular complexity index is 2700. The Morgan fingerprint density at radius 2 is 0.831 bits per heavy atom. The molecule has 0 N–H and O–H groups in total. The van der Waals surface area contributed by atoms with Crippen molar-refractivity contribution in [3.8, 4) is 0 Å². The molecule has 0 atom stereocenters. The van der Waals surface area contributed by atoms with Crippen molar-refractivity contribution in [2.45, 2.75) is 104 Å². The number of hydrogen-bond acceptors (Lipinski definition) is 5. The van der Waals surface area contributed by atoms with Crippen molar-refractivity contribution in [3.05, 3.63) is 175 Å². The van der Waals surface area contributed by atoms with E-state index in [9.17, 15) is 0 Å². The maximum atomic E-state index is 6.01. The number of hydrogen-bond donors (Lipinski definition) is 0. The Labute approximate surface area is 411 Å². The molecular weight excluding hydrogens is 918 g/mol. The molecule has 0 fully saturated rings. The van der Waals surface area contributed by atoms with Crippen LogP contribution >= 0.6 is 58.0 Å². The third kappa shape index (κ3) is 16.6. The second-order valence-corrected chi connectivity index (χ2v) is 14.7. The highest BCUT2D eigenvalue weighted by molar-refractivity contribution is 6.36. The summed E-state index contributed by atoms with van der Waals surface area (Å²) >= 11 is 29.5. The van der Waals surface area contributed by atoms with Gasteiger partial charge in [-0.25, -0.2) is 0 Å². The molecule has 0 spiro atoms. The van der Waals surface area contributed by atoms with Crippen molar-refractivity contribution in [1.29, 1.82) is 0 Å². The molecule has 65 heavy (non-hydrogen) atoms. The van der Waals surface area contributed by atoms with E-state index in [1.807, 2.05) is 195 Å². The maximum Gasteiger partial charge on any atom is 0.138 e. The molecule has 10 aromatic rings. The molecule has 0 aliphatic rings. The lowest BCUT2D eigenvalue weighted by atomic mass is 10.1. The Kier molecular flexibility index (Phi) is 28.0. The normalized spacial score (nSPS) is 9.54. The molecule has 0 saturated heterocycles. The van der Waals surface area contributed by atoms with E-state index >= 15 is 0 Å². The van der Waals surface area contributed by atoms with Gasteiger partial charge in [-0.15, -0.1) is 0 Å². The molecule has 0 saturated carbocycles. The van der Waals surface area contributed by atoms with Gasteiger partial charge in [0.15, 0.2) is 0 Å². The van der Waals surface area contributed by atoms with E-state index in [4.69, 9.17) is 80.1 Å². The number of furan rings is 5. The average Bonchev–Trinajstić information content (AvgIpc) is 4.21. The Morgan fingerprint density at radius 3 is 1.49 bits per heavy atom. The van der Waals surface area contributed by atoms with Crippen LogP contribution in [0.4, 0.5) is 0 Å². The van der Waals surface area contributed by atoms with Gasteiger partial charge >= 0.3 is 0 Å². The summed E-state index contributed by atoms with van der Waals surface area (Å²) in [6.07, 6.45) is 8.32. The van der Waals surface area contributed by atoms with Crippen LogP contribution in [0.25, 0.3) is 54.8 Å². The third-order valence-corrected chi connectivity index (χ3v) is 10.7. The SMILES string of the molecule is CC.CC.CC.CC.CC.Cc1c(Cl)ccc2ccoc12.Cc1cc(Cl)cc2occc12.Cc1cc2ccoc2cc1Cl.Cc1ccc(Cl)c2ccoc12.Cc1ccc2occc2c1Cl. The molecule has 0 aliphatic carbocycles. The van der Waals surface area contributed by atoms with Crippen LogP contribution in [0.15, 0.2) is 144 Å². The van der Waals surface area contributed by atoms with Crippen LogP contribution in [-0.4, -0.2) is 0 Å². The van der Waals surface area contributed by atoms with Gasteiger partial charge in [0.05, 0.1) is 41.4 Å². The molecule has 0 aliphatic heterocycles. The summed E-state index contributed by atoms with van der Waals surface area (Å²) < 4.78 is 26.0. The van der Waals surface area contributed by atoms with Gasteiger partial charge in [-0.3, -0.25) is 0 Å². The van der Waals surface area contributed by atoms with E-state index in [0.29, 0.717) is 0 Å². The van der Waals surface area contributed by atoms with Gasteiger partial charge in [-0.1, -0.05) is 139 Å². The number of rotatable bonds is 0. The molecule has 0 unspecified atom stereocenters. The van der Waals surface area contributed by atoms with E-state index in [0.717, 1.165) is 108 Å². The zero-order valence-corrected chi connectivity index (χ0v) is 44.3. The first kappa shape index (κ1) is 58.3. The Morgan fingerprint density at radius 1 is 0.323 bits per heavy atom. The molecule has 5 aromatic heterocycles. The minimum absolute atomic E-state index is 0.727. The highest BCUT2D eigenvalue weighted by atomic mass is 35.5. The van der Waals surface area contributed by atoms with Crippen LogP contribution in [0.5, 0.6) is 0 Å². The summed E-state index contributed by atoms with van der Waals surface area (Å²) in [5, 5.41) is 9.10. The summed E-state index contributed by atoms with van der Waals surface area (Å²) in [7, 11) is 0. The van der Waals surface area contributed by atoms with Gasteiger partial charge in [-0.2, -0.15) is 0 Å². The first-order valence-corrected chi connectivity index (χ1v) is 23.9. The van der Waals surface area contributed by atoms with Gasteiger partial charge in [0, 0.05) is 59.7 Å². The average molecular weight is 983 g/mol. The van der Waals surface area contributed by atoms with Crippen molar-refractivity contribution in [2.24, 2.45) is 0 Å². The Hall–Kier alpha value is -4.75. The van der Waals surface area contributed by atoms with E-state index in [-0.39, 0.29) is 0 Å². The predicted octanol–water partition coefficient (Wildman–Crippen LogP) is 22.1. The summed E-state index contributed by atoms with van der Waals surface area (Å²) in [5.74, 6) is 0. The molecule has 5 nitrogen and oxygen atoms in total. The molecule has 5 aromatic carbocycles. The largest absolute Gasteiger partial charge is 0.464 e. The topological polar surface area (TPSA) is 65.7 Å². The van der Waals surface area contributed by atoms with Crippen LogP contribution in [0.2, 0.25) is 25.1 Å². The van der Waals surface area contributed by atoms with E-state index in [1.54, 1.807) is 31.3 Å². The first-order chi connectivity index (χ1) is 31.4. The summed E-state index contributed by atoms with van der Waals surface area (Å²) in [6, 6.07) is 28.7. The molecule has 10 rings (SSSR count). The Balaban J connectivity index is 0.000000387. The van der Waals surface area contributed by atoms with Gasteiger partial charge in [0.25, 0.3) is 0 Å². The first-order valence-electron chi connectivity index (χ1n) is 22.0. The number of aryl methyl sites for hydroxylation is 5.